The lowest BCUT2D eigenvalue weighted by atomic mass is 9.96. The van der Waals surface area contributed by atoms with Crippen LogP contribution in [-0.4, -0.2) is 50.9 Å². The quantitative estimate of drug-likeness (QED) is 0.424. The van der Waals surface area contributed by atoms with Crippen molar-refractivity contribution in [2.45, 2.75) is 76.9 Å². The third kappa shape index (κ3) is 5.16. The van der Waals surface area contributed by atoms with E-state index in [0.29, 0.717) is 30.6 Å². The molecule has 7 nitrogen and oxygen atoms in total. The summed E-state index contributed by atoms with van der Waals surface area (Å²) in [4.78, 5) is 17.8. The highest BCUT2D eigenvalue weighted by Gasteiger charge is 2.42. The molecule has 3 atom stereocenters. The van der Waals surface area contributed by atoms with Crippen LogP contribution in [0.4, 0.5) is 16.2 Å². The summed E-state index contributed by atoms with van der Waals surface area (Å²) < 4.78 is 2.42. The highest BCUT2D eigenvalue weighted by Crippen LogP contribution is 2.42. The van der Waals surface area contributed by atoms with E-state index < -0.39 is 0 Å². The standard InChI is InChI=1S/C29H38N6O/c1-21(2)28-32-31-22(3)35(28)27-19-25-15-16-26(20-27)33(25)17-10-18-34(24-13-8-5-9-14-24)29(36)30-23-11-6-4-7-12-23/h4-9,11-14,21,25-27H,10,15-20H2,1-3H3,(H,30,36)/t25-,26+,27?. The molecule has 1 N–H and O–H groups in total. The zero-order valence-corrected chi connectivity index (χ0v) is 21.7. The molecule has 2 aromatic carbocycles. The summed E-state index contributed by atoms with van der Waals surface area (Å²) in [6.07, 6.45) is 5.78. The first-order valence-electron chi connectivity index (χ1n) is 13.4. The van der Waals surface area contributed by atoms with Crippen LogP contribution < -0.4 is 10.2 Å². The van der Waals surface area contributed by atoms with Crippen LogP contribution in [0.25, 0.3) is 0 Å². The average Bonchev–Trinajstić information content (AvgIpc) is 3.38. The molecule has 0 spiro atoms. The number of aryl methyl sites for hydroxylation is 1. The Labute approximate surface area is 214 Å². The van der Waals surface area contributed by atoms with Crippen LogP contribution in [0, 0.1) is 6.92 Å². The Bertz CT molecular complexity index is 1130. The maximum atomic E-state index is 13.2. The normalized spacial score (nSPS) is 21.6. The number of benzene rings is 2. The molecule has 3 aromatic rings. The molecule has 2 aliphatic heterocycles. The number of para-hydroxylation sites is 2. The van der Waals surface area contributed by atoms with Crippen molar-refractivity contribution in [3.63, 3.8) is 0 Å². The van der Waals surface area contributed by atoms with Crippen LogP contribution in [0.5, 0.6) is 0 Å². The van der Waals surface area contributed by atoms with Gasteiger partial charge in [-0.05, 0) is 63.3 Å². The number of amides is 2. The van der Waals surface area contributed by atoms with Gasteiger partial charge in [0.15, 0.2) is 0 Å². The van der Waals surface area contributed by atoms with Crippen LogP contribution >= 0.6 is 0 Å². The number of carbonyl (C=O) groups excluding carboxylic acids is 1. The average molecular weight is 487 g/mol. The van der Waals surface area contributed by atoms with E-state index in [2.05, 4.69) is 45.8 Å². The number of fused-ring (bicyclic) bond motifs is 2. The fraction of sp³-hybridized carbons (Fsp3) is 0.483. The topological polar surface area (TPSA) is 66.3 Å². The molecular weight excluding hydrogens is 448 g/mol. The highest BCUT2D eigenvalue weighted by atomic mass is 16.2. The van der Waals surface area contributed by atoms with Gasteiger partial charge in [-0.15, -0.1) is 10.2 Å². The van der Waals surface area contributed by atoms with Crippen molar-refractivity contribution >= 4 is 17.4 Å². The lowest BCUT2D eigenvalue weighted by Crippen LogP contribution is -2.45. The first-order chi connectivity index (χ1) is 17.5. The number of piperidine rings is 1. The second-order valence-electron chi connectivity index (χ2n) is 10.5. The van der Waals surface area contributed by atoms with Crippen molar-refractivity contribution in [2.75, 3.05) is 23.3 Å². The number of nitrogens with zero attached hydrogens (tertiary/aromatic N) is 5. The van der Waals surface area contributed by atoms with Gasteiger partial charge in [-0.25, -0.2) is 4.79 Å². The molecule has 2 bridgehead atoms. The van der Waals surface area contributed by atoms with Gasteiger partial charge >= 0.3 is 6.03 Å². The Hall–Kier alpha value is -3.19. The van der Waals surface area contributed by atoms with Crippen molar-refractivity contribution in [1.82, 2.24) is 19.7 Å². The summed E-state index contributed by atoms with van der Waals surface area (Å²) in [6.45, 7) is 8.20. The van der Waals surface area contributed by atoms with E-state index in [1.807, 2.05) is 65.6 Å². The minimum atomic E-state index is -0.0848. The van der Waals surface area contributed by atoms with Crippen molar-refractivity contribution in [3.05, 3.63) is 72.3 Å². The molecule has 190 valence electrons. The molecule has 3 heterocycles. The van der Waals surface area contributed by atoms with Crippen LogP contribution in [0.3, 0.4) is 0 Å². The number of urea groups is 1. The van der Waals surface area contributed by atoms with Crippen molar-refractivity contribution in [3.8, 4) is 0 Å². The van der Waals surface area contributed by atoms with Gasteiger partial charge in [0, 0.05) is 48.5 Å². The maximum Gasteiger partial charge on any atom is 0.326 e. The third-order valence-electron chi connectivity index (χ3n) is 7.77. The van der Waals surface area contributed by atoms with Crippen LogP contribution in [0.15, 0.2) is 60.7 Å². The Balaban J connectivity index is 1.23. The second kappa shape index (κ2) is 10.8. The molecule has 0 aliphatic carbocycles. The van der Waals surface area contributed by atoms with E-state index >= 15 is 0 Å². The van der Waals surface area contributed by atoms with Gasteiger partial charge in [0.2, 0.25) is 0 Å². The number of anilines is 2. The van der Waals surface area contributed by atoms with Gasteiger partial charge < -0.3 is 9.88 Å². The summed E-state index contributed by atoms with van der Waals surface area (Å²) in [7, 11) is 0. The Morgan fingerprint density at radius 2 is 1.61 bits per heavy atom. The third-order valence-corrected chi connectivity index (χ3v) is 7.77. The number of rotatable bonds is 8. The van der Waals surface area contributed by atoms with E-state index in [1.165, 1.54) is 12.8 Å². The molecule has 5 rings (SSSR count). The van der Waals surface area contributed by atoms with Crippen LogP contribution in [0.1, 0.15) is 69.6 Å². The predicted molar refractivity (Wildman–Crippen MR) is 145 cm³/mol. The van der Waals surface area contributed by atoms with Crippen LogP contribution in [0.2, 0.25) is 0 Å². The van der Waals surface area contributed by atoms with Crippen LogP contribution in [-0.2, 0) is 0 Å². The fourth-order valence-electron chi connectivity index (χ4n) is 6.13. The smallest absolute Gasteiger partial charge is 0.312 e. The summed E-state index contributed by atoms with van der Waals surface area (Å²) in [6, 6.07) is 21.2. The molecule has 1 aromatic heterocycles. The molecule has 0 saturated carbocycles. The molecule has 2 saturated heterocycles. The predicted octanol–water partition coefficient (Wildman–Crippen LogP) is 6.01. The fourth-order valence-corrected chi connectivity index (χ4v) is 6.13. The second-order valence-corrected chi connectivity index (χ2v) is 10.5. The number of nitrogens with one attached hydrogen (secondary N) is 1. The monoisotopic (exact) mass is 486 g/mol. The van der Waals surface area contributed by atoms with E-state index in [0.717, 1.165) is 48.8 Å². The van der Waals surface area contributed by atoms with Gasteiger partial charge in [-0.2, -0.15) is 0 Å². The number of hydrogen-bond acceptors (Lipinski definition) is 4. The zero-order chi connectivity index (χ0) is 25.1. The largest absolute Gasteiger partial charge is 0.326 e. The summed E-state index contributed by atoms with van der Waals surface area (Å²) in [5.74, 6) is 2.54. The summed E-state index contributed by atoms with van der Waals surface area (Å²) in [5.41, 5.74) is 1.74. The lowest BCUT2D eigenvalue weighted by molar-refractivity contribution is 0.104. The Kier molecular flexibility index (Phi) is 7.37. The van der Waals surface area contributed by atoms with Gasteiger partial charge in [0.05, 0.1) is 0 Å². The van der Waals surface area contributed by atoms with E-state index in [4.69, 9.17) is 0 Å². The summed E-state index contributed by atoms with van der Waals surface area (Å²) >= 11 is 0. The lowest BCUT2D eigenvalue weighted by Gasteiger charge is -2.40. The first kappa shape index (κ1) is 24.5. The van der Waals surface area contributed by atoms with Crippen molar-refractivity contribution < 1.29 is 4.79 Å². The van der Waals surface area contributed by atoms with Gasteiger partial charge in [0.1, 0.15) is 11.6 Å². The SMILES string of the molecule is Cc1nnc(C(C)C)n1C1C[C@H]2CC[C@@H](C1)N2CCCN(C(=O)Nc1ccccc1)c1ccccc1. The van der Waals surface area contributed by atoms with Gasteiger partial charge in [-0.1, -0.05) is 50.2 Å². The minimum absolute atomic E-state index is 0.0848. The molecular formula is C29H38N6O. The zero-order valence-electron chi connectivity index (χ0n) is 21.7. The molecule has 1 unspecified atom stereocenters. The molecule has 2 aliphatic rings. The number of carbonyl (C=O) groups is 1. The highest BCUT2D eigenvalue weighted by molar-refractivity contribution is 6.01. The first-order valence-corrected chi connectivity index (χ1v) is 13.4. The summed E-state index contributed by atoms with van der Waals surface area (Å²) in [5, 5.41) is 11.9. The van der Waals surface area contributed by atoms with Gasteiger partial charge in [0.25, 0.3) is 0 Å². The molecule has 2 fully saturated rings. The maximum absolute atomic E-state index is 13.2. The van der Waals surface area contributed by atoms with Crippen molar-refractivity contribution in [1.29, 1.82) is 0 Å². The number of hydrogen-bond donors (Lipinski definition) is 1. The van der Waals surface area contributed by atoms with E-state index in [9.17, 15) is 4.79 Å². The minimum Gasteiger partial charge on any atom is -0.312 e. The number of aromatic nitrogens is 3. The van der Waals surface area contributed by atoms with E-state index in [-0.39, 0.29) is 6.03 Å². The molecule has 36 heavy (non-hydrogen) atoms. The Morgan fingerprint density at radius 1 is 0.972 bits per heavy atom. The van der Waals surface area contributed by atoms with Gasteiger partial charge in [-0.3, -0.25) is 9.80 Å². The Morgan fingerprint density at radius 3 is 2.25 bits per heavy atom. The molecule has 7 heteroatoms. The van der Waals surface area contributed by atoms with Crippen molar-refractivity contribution in [2.24, 2.45) is 0 Å². The molecule has 0 radical (unpaired) electrons. The molecule has 2 amide bonds. The van der Waals surface area contributed by atoms with E-state index in [1.54, 1.807) is 0 Å².